The number of hydrogen-bond donors (Lipinski definition) is 0. The smallest absolute Gasteiger partial charge is 0 e. The molecule has 0 N–H and O–H groups in total. The summed E-state index contributed by atoms with van der Waals surface area (Å²) in [5.74, 6) is 0. The largest absolute Gasteiger partial charge is 0.137 e. The first-order valence-electron chi connectivity index (χ1n) is 3.17. The van der Waals surface area contributed by atoms with Crippen LogP contribution in [0.4, 0.5) is 0 Å². The van der Waals surface area contributed by atoms with Gasteiger partial charge in [-0.2, -0.15) is 0 Å². The predicted octanol–water partition coefficient (Wildman–Crippen LogP) is 2.10. The Morgan fingerprint density at radius 1 is 1.10 bits per heavy atom. The summed E-state index contributed by atoms with van der Waals surface area (Å²) in [5, 5.41) is 0. The number of hydrogen-bond acceptors (Lipinski definition) is 0. The second-order valence-electron chi connectivity index (χ2n) is 2.02. The van der Waals surface area contributed by atoms with Crippen LogP contribution >= 0.6 is 9.24 Å². The van der Waals surface area contributed by atoms with Crippen LogP contribution in [0.3, 0.4) is 0 Å². The van der Waals surface area contributed by atoms with Crippen molar-refractivity contribution in [1.82, 2.24) is 0 Å². The summed E-state index contributed by atoms with van der Waals surface area (Å²) in [4.78, 5) is 0. The van der Waals surface area contributed by atoms with Crippen molar-refractivity contribution in [3.63, 3.8) is 0 Å². The van der Waals surface area contributed by atoms with E-state index >= 15 is 0 Å². The standard InChI is InChI=1S/C8H11P.Sc/c9-7-6-8-4-2-1-3-5-8;/h1-5H,6-7,9H2;. The van der Waals surface area contributed by atoms with E-state index in [1.807, 2.05) is 6.07 Å². The fourth-order valence-electron chi connectivity index (χ4n) is 0.811. The first-order valence-corrected chi connectivity index (χ1v) is 3.99. The fourth-order valence-corrected chi connectivity index (χ4v) is 1.14. The van der Waals surface area contributed by atoms with Gasteiger partial charge in [-0.25, -0.2) is 0 Å². The van der Waals surface area contributed by atoms with Crippen LogP contribution in [0, 0.1) is 0 Å². The Bertz CT molecular complexity index is 162. The van der Waals surface area contributed by atoms with E-state index in [1.54, 1.807) is 0 Å². The molecule has 0 aromatic heterocycles. The van der Waals surface area contributed by atoms with Crippen molar-refractivity contribution in [2.24, 2.45) is 0 Å². The Morgan fingerprint density at radius 3 is 2.20 bits per heavy atom. The third-order valence-corrected chi connectivity index (χ3v) is 1.56. The number of rotatable bonds is 2. The summed E-state index contributed by atoms with van der Waals surface area (Å²) in [7, 11) is 2.73. The Balaban J connectivity index is 0.000000810. The molecule has 0 aliphatic rings. The first kappa shape index (κ1) is 10.5. The van der Waals surface area contributed by atoms with Gasteiger partial charge in [0.1, 0.15) is 0 Å². The van der Waals surface area contributed by atoms with E-state index in [-0.39, 0.29) is 25.8 Å². The van der Waals surface area contributed by atoms with E-state index in [0.29, 0.717) is 0 Å². The first-order chi connectivity index (χ1) is 4.43. The maximum atomic E-state index is 2.73. The van der Waals surface area contributed by atoms with Crippen molar-refractivity contribution >= 4 is 9.24 Å². The van der Waals surface area contributed by atoms with Crippen LogP contribution in [-0.4, -0.2) is 6.16 Å². The molecule has 1 aromatic rings. The van der Waals surface area contributed by atoms with Gasteiger partial charge in [0.2, 0.25) is 0 Å². The van der Waals surface area contributed by atoms with Crippen molar-refractivity contribution in [2.75, 3.05) is 6.16 Å². The summed E-state index contributed by atoms with van der Waals surface area (Å²) in [5.41, 5.74) is 1.42. The molecular weight excluding hydrogens is 172 g/mol. The quantitative estimate of drug-likeness (QED) is 0.616. The minimum Gasteiger partial charge on any atom is -0.137 e. The van der Waals surface area contributed by atoms with E-state index in [2.05, 4.69) is 33.5 Å². The monoisotopic (exact) mass is 183 g/mol. The van der Waals surface area contributed by atoms with Crippen LogP contribution in [-0.2, 0) is 32.3 Å². The van der Waals surface area contributed by atoms with Crippen LogP contribution in [0.1, 0.15) is 5.56 Å². The van der Waals surface area contributed by atoms with Gasteiger partial charge in [0.05, 0.1) is 0 Å². The Hall–Kier alpha value is 0.520. The molecule has 0 bridgehead atoms. The van der Waals surface area contributed by atoms with Gasteiger partial charge >= 0.3 is 0 Å². The van der Waals surface area contributed by atoms with Crippen molar-refractivity contribution in [3.05, 3.63) is 35.9 Å². The molecule has 0 aliphatic carbocycles. The van der Waals surface area contributed by atoms with E-state index in [0.717, 1.165) is 6.16 Å². The molecule has 1 radical (unpaired) electrons. The summed E-state index contributed by atoms with van der Waals surface area (Å²) >= 11 is 0. The molecule has 1 rings (SSSR count). The average molecular weight is 183 g/mol. The molecule has 0 fully saturated rings. The van der Waals surface area contributed by atoms with Gasteiger partial charge in [-0.15, -0.1) is 9.24 Å². The molecule has 0 heterocycles. The maximum Gasteiger partial charge on any atom is 0 e. The van der Waals surface area contributed by atoms with Gasteiger partial charge in [0, 0.05) is 25.8 Å². The van der Waals surface area contributed by atoms with E-state index in [1.165, 1.54) is 12.0 Å². The van der Waals surface area contributed by atoms with Crippen LogP contribution in [0.25, 0.3) is 0 Å². The SMILES string of the molecule is PCCc1ccccc1.[Sc]. The molecule has 2 heteroatoms. The zero-order valence-electron chi connectivity index (χ0n) is 5.96. The third-order valence-electron chi connectivity index (χ3n) is 1.28. The molecule has 0 nitrogen and oxygen atoms in total. The zero-order chi connectivity index (χ0) is 6.53. The Labute approximate surface area is 83.4 Å². The van der Waals surface area contributed by atoms with Crippen molar-refractivity contribution in [2.45, 2.75) is 6.42 Å². The van der Waals surface area contributed by atoms with Gasteiger partial charge in [-0.3, -0.25) is 0 Å². The molecule has 0 spiro atoms. The summed E-state index contributed by atoms with van der Waals surface area (Å²) < 4.78 is 0. The minimum atomic E-state index is 0. The molecule has 10 heavy (non-hydrogen) atoms. The summed E-state index contributed by atoms with van der Waals surface area (Å²) in [6.07, 6.45) is 2.33. The van der Waals surface area contributed by atoms with Gasteiger partial charge in [0.15, 0.2) is 0 Å². The van der Waals surface area contributed by atoms with Crippen molar-refractivity contribution in [1.29, 1.82) is 0 Å². The second-order valence-corrected chi connectivity index (χ2v) is 2.60. The summed E-state index contributed by atoms with van der Waals surface area (Å²) in [6.45, 7) is 0. The summed E-state index contributed by atoms with van der Waals surface area (Å²) in [6, 6.07) is 10.5. The molecular formula is C8H11PSc. The van der Waals surface area contributed by atoms with Crippen LogP contribution < -0.4 is 0 Å². The number of aryl methyl sites for hydroxylation is 1. The van der Waals surface area contributed by atoms with E-state index < -0.39 is 0 Å². The molecule has 0 amide bonds. The molecule has 1 unspecified atom stereocenters. The van der Waals surface area contributed by atoms with Crippen LogP contribution in [0.2, 0.25) is 0 Å². The predicted molar refractivity (Wildman–Crippen MR) is 44.7 cm³/mol. The third kappa shape index (κ3) is 3.63. The zero-order valence-corrected chi connectivity index (χ0v) is 8.91. The van der Waals surface area contributed by atoms with E-state index in [4.69, 9.17) is 0 Å². The molecule has 0 aliphatic heterocycles. The van der Waals surface area contributed by atoms with Crippen molar-refractivity contribution in [3.8, 4) is 0 Å². The van der Waals surface area contributed by atoms with Gasteiger partial charge in [-0.1, -0.05) is 30.3 Å². The fraction of sp³-hybridized carbons (Fsp3) is 0.250. The minimum absolute atomic E-state index is 0. The van der Waals surface area contributed by atoms with E-state index in [9.17, 15) is 0 Å². The molecule has 0 saturated heterocycles. The van der Waals surface area contributed by atoms with Gasteiger partial charge in [-0.05, 0) is 18.1 Å². The molecule has 1 aromatic carbocycles. The Kier molecular flexibility index (Phi) is 6.57. The normalized spacial score (nSPS) is 8.50. The molecule has 51 valence electrons. The number of benzene rings is 1. The topological polar surface area (TPSA) is 0 Å². The van der Waals surface area contributed by atoms with Gasteiger partial charge in [0.25, 0.3) is 0 Å². The molecule has 1 atom stereocenters. The maximum absolute atomic E-state index is 2.73. The van der Waals surface area contributed by atoms with Gasteiger partial charge < -0.3 is 0 Å². The average Bonchev–Trinajstić information content (AvgIpc) is 1.91. The van der Waals surface area contributed by atoms with Crippen LogP contribution in [0.5, 0.6) is 0 Å². The molecule has 0 saturated carbocycles. The second kappa shape index (κ2) is 6.24. The van der Waals surface area contributed by atoms with Crippen LogP contribution in [0.15, 0.2) is 30.3 Å². The van der Waals surface area contributed by atoms with Crippen molar-refractivity contribution < 1.29 is 25.8 Å². The Morgan fingerprint density at radius 2 is 1.70 bits per heavy atom.